The molecule has 0 saturated heterocycles. The molecule has 84 valence electrons. The van der Waals surface area contributed by atoms with Gasteiger partial charge in [0.1, 0.15) is 5.75 Å². The molecular formula is C14H16O2. The number of hydrogen-bond donors (Lipinski definition) is 0. The van der Waals surface area contributed by atoms with Crippen LogP contribution in [0.25, 0.3) is 0 Å². The summed E-state index contributed by atoms with van der Waals surface area (Å²) in [4.78, 5) is 11.9. The number of ketones is 1. The number of carbonyl (C=O) groups excluding carboxylic acids is 1. The molecule has 16 heavy (non-hydrogen) atoms. The topological polar surface area (TPSA) is 26.3 Å². The van der Waals surface area contributed by atoms with Gasteiger partial charge in [-0.1, -0.05) is 11.6 Å². The summed E-state index contributed by atoms with van der Waals surface area (Å²) in [5, 5.41) is 0. The summed E-state index contributed by atoms with van der Waals surface area (Å²) in [6.07, 6.45) is 1.05. The van der Waals surface area contributed by atoms with Crippen molar-refractivity contribution in [2.45, 2.75) is 26.7 Å². The van der Waals surface area contributed by atoms with E-state index in [2.05, 4.69) is 11.8 Å². The number of hydrogen-bond acceptors (Lipinski definition) is 2. The Morgan fingerprint density at radius 3 is 2.81 bits per heavy atom. The van der Waals surface area contributed by atoms with E-state index >= 15 is 0 Å². The molecule has 0 fully saturated rings. The predicted molar refractivity (Wildman–Crippen MR) is 64.7 cm³/mol. The predicted octanol–water partition coefficient (Wildman–Crippen LogP) is 2.99. The first-order valence-corrected chi connectivity index (χ1v) is 5.26. The third kappa shape index (κ3) is 3.13. The Morgan fingerprint density at radius 2 is 2.19 bits per heavy atom. The van der Waals surface area contributed by atoms with Gasteiger partial charge in [0.2, 0.25) is 0 Å². The highest BCUT2D eigenvalue weighted by atomic mass is 16.5. The minimum Gasteiger partial charge on any atom is -0.496 e. The molecule has 0 aliphatic carbocycles. The second-order valence-electron chi connectivity index (χ2n) is 3.55. The largest absolute Gasteiger partial charge is 0.496 e. The first-order valence-electron chi connectivity index (χ1n) is 5.26. The van der Waals surface area contributed by atoms with Crippen LogP contribution in [0, 0.1) is 18.8 Å². The molecule has 0 N–H and O–H groups in total. The fraction of sp³-hybridized carbons (Fsp3) is 0.357. The van der Waals surface area contributed by atoms with Crippen LogP contribution in [0.1, 0.15) is 35.7 Å². The zero-order valence-electron chi connectivity index (χ0n) is 9.96. The van der Waals surface area contributed by atoms with E-state index in [4.69, 9.17) is 4.74 Å². The molecule has 2 heteroatoms. The summed E-state index contributed by atoms with van der Waals surface area (Å²) in [7, 11) is 1.58. The van der Waals surface area contributed by atoms with E-state index in [1.165, 1.54) is 0 Å². The maximum atomic E-state index is 11.9. The molecule has 0 saturated carbocycles. The molecule has 0 spiro atoms. The molecule has 0 atom stereocenters. The van der Waals surface area contributed by atoms with Crippen LogP contribution in [0.5, 0.6) is 5.75 Å². The number of carbonyl (C=O) groups is 1. The maximum Gasteiger partial charge on any atom is 0.167 e. The van der Waals surface area contributed by atoms with Crippen molar-refractivity contribution in [3.8, 4) is 17.6 Å². The average Bonchev–Trinajstić information content (AvgIpc) is 2.29. The SMILES string of the molecule is CC#CCCC(=O)c1cc(C)ccc1OC. The van der Waals surface area contributed by atoms with Gasteiger partial charge in [0.05, 0.1) is 12.7 Å². The lowest BCUT2D eigenvalue weighted by molar-refractivity contribution is 0.0981. The second-order valence-corrected chi connectivity index (χ2v) is 3.55. The molecule has 0 bridgehead atoms. The minimum atomic E-state index is 0.0864. The molecular weight excluding hydrogens is 200 g/mol. The van der Waals surface area contributed by atoms with Gasteiger partial charge in [-0.2, -0.15) is 0 Å². The minimum absolute atomic E-state index is 0.0864. The van der Waals surface area contributed by atoms with Crippen molar-refractivity contribution in [2.75, 3.05) is 7.11 Å². The summed E-state index contributed by atoms with van der Waals surface area (Å²) in [6, 6.07) is 5.62. The Hall–Kier alpha value is -1.75. The number of rotatable bonds is 4. The number of aryl methyl sites for hydroxylation is 1. The molecule has 2 nitrogen and oxygen atoms in total. The van der Waals surface area contributed by atoms with Gasteiger partial charge in [-0.05, 0) is 26.0 Å². The monoisotopic (exact) mass is 216 g/mol. The fourth-order valence-corrected chi connectivity index (χ4v) is 1.48. The molecule has 0 amide bonds. The van der Waals surface area contributed by atoms with Crippen molar-refractivity contribution >= 4 is 5.78 Å². The van der Waals surface area contributed by atoms with Crippen LogP contribution in [0.2, 0.25) is 0 Å². The number of benzene rings is 1. The molecule has 0 aliphatic heterocycles. The first-order chi connectivity index (χ1) is 7.69. The van der Waals surface area contributed by atoms with Gasteiger partial charge in [0.25, 0.3) is 0 Å². The lowest BCUT2D eigenvalue weighted by Crippen LogP contribution is -2.02. The lowest BCUT2D eigenvalue weighted by Gasteiger charge is -2.07. The highest BCUT2D eigenvalue weighted by Crippen LogP contribution is 2.21. The van der Waals surface area contributed by atoms with E-state index in [9.17, 15) is 4.79 Å². The van der Waals surface area contributed by atoms with Crippen LogP contribution >= 0.6 is 0 Å². The Labute approximate surface area is 96.6 Å². The molecule has 1 aromatic carbocycles. The van der Waals surface area contributed by atoms with E-state index in [1.807, 2.05) is 25.1 Å². The quantitative estimate of drug-likeness (QED) is 0.571. The van der Waals surface area contributed by atoms with Crippen LogP contribution in [-0.2, 0) is 0 Å². The summed E-state index contributed by atoms with van der Waals surface area (Å²) >= 11 is 0. The molecule has 0 unspecified atom stereocenters. The van der Waals surface area contributed by atoms with E-state index in [1.54, 1.807) is 14.0 Å². The van der Waals surface area contributed by atoms with E-state index in [0.717, 1.165) is 5.56 Å². The van der Waals surface area contributed by atoms with Gasteiger partial charge in [-0.25, -0.2) is 0 Å². The number of Topliss-reactive ketones (excluding diaryl/α,β-unsaturated/α-hetero) is 1. The molecule has 1 rings (SSSR count). The molecule has 0 radical (unpaired) electrons. The Bertz CT molecular complexity index is 436. The van der Waals surface area contributed by atoms with Gasteiger partial charge in [-0.3, -0.25) is 4.79 Å². The van der Waals surface area contributed by atoms with Crippen molar-refractivity contribution in [1.29, 1.82) is 0 Å². The highest BCUT2D eigenvalue weighted by molar-refractivity contribution is 5.98. The zero-order chi connectivity index (χ0) is 12.0. The van der Waals surface area contributed by atoms with Crippen molar-refractivity contribution in [2.24, 2.45) is 0 Å². The van der Waals surface area contributed by atoms with Crippen LogP contribution in [-0.4, -0.2) is 12.9 Å². The third-order valence-corrected chi connectivity index (χ3v) is 2.31. The van der Waals surface area contributed by atoms with Gasteiger partial charge in [0, 0.05) is 12.8 Å². The molecule has 0 heterocycles. The highest BCUT2D eigenvalue weighted by Gasteiger charge is 2.11. The Kier molecular flexibility index (Phi) is 4.60. The lowest BCUT2D eigenvalue weighted by atomic mass is 10.0. The van der Waals surface area contributed by atoms with E-state index in [0.29, 0.717) is 24.2 Å². The van der Waals surface area contributed by atoms with E-state index in [-0.39, 0.29) is 5.78 Å². The normalized spacial score (nSPS) is 9.19. The standard InChI is InChI=1S/C14H16O2/c1-4-5-6-7-13(15)12-10-11(2)8-9-14(12)16-3/h8-10H,6-7H2,1-3H3. The summed E-state index contributed by atoms with van der Waals surface area (Å²) in [5.41, 5.74) is 1.71. The second kappa shape index (κ2) is 5.97. The Morgan fingerprint density at radius 1 is 1.44 bits per heavy atom. The molecule has 0 aliphatic rings. The van der Waals surface area contributed by atoms with Crippen LogP contribution in [0.4, 0.5) is 0 Å². The van der Waals surface area contributed by atoms with E-state index < -0.39 is 0 Å². The molecule has 0 aromatic heterocycles. The third-order valence-electron chi connectivity index (χ3n) is 2.31. The Balaban J connectivity index is 2.87. The summed E-state index contributed by atoms with van der Waals surface area (Å²) < 4.78 is 5.17. The summed E-state index contributed by atoms with van der Waals surface area (Å²) in [5.74, 6) is 6.40. The van der Waals surface area contributed by atoms with Crippen LogP contribution in [0.15, 0.2) is 18.2 Å². The molecule has 1 aromatic rings. The van der Waals surface area contributed by atoms with Gasteiger partial charge < -0.3 is 4.74 Å². The average molecular weight is 216 g/mol. The fourth-order valence-electron chi connectivity index (χ4n) is 1.48. The van der Waals surface area contributed by atoms with Crippen molar-refractivity contribution in [3.05, 3.63) is 29.3 Å². The van der Waals surface area contributed by atoms with Gasteiger partial charge >= 0.3 is 0 Å². The van der Waals surface area contributed by atoms with Crippen LogP contribution < -0.4 is 4.74 Å². The van der Waals surface area contributed by atoms with Gasteiger partial charge in [-0.15, -0.1) is 11.8 Å². The smallest absolute Gasteiger partial charge is 0.167 e. The maximum absolute atomic E-state index is 11.9. The van der Waals surface area contributed by atoms with Crippen molar-refractivity contribution < 1.29 is 9.53 Å². The number of methoxy groups -OCH3 is 1. The van der Waals surface area contributed by atoms with Crippen molar-refractivity contribution in [1.82, 2.24) is 0 Å². The summed E-state index contributed by atoms with van der Waals surface area (Å²) in [6.45, 7) is 3.74. The first kappa shape index (κ1) is 12.3. The zero-order valence-corrected chi connectivity index (χ0v) is 9.96. The number of ether oxygens (including phenoxy) is 1. The van der Waals surface area contributed by atoms with Crippen molar-refractivity contribution in [3.63, 3.8) is 0 Å². The van der Waals surface area contributed by atoms with Gasteiger partial charge in [0.15, 0.2) is 5.78 Å². The van der Waals surface area contributed by atoms with Crippen LogP contribution in [0.3, 0.4) is 0 Å².